The van der Waals surface area contributed by atoms with Crippen molar-refractivity contribution in [3.8, 4) is 0 Å². The fourth-order valence-corrected chi connectivity index (χ4v) is 2.80. The van der Waals surface area contributed by atoms with Gasteiger partial charge in [-0.3, -0.25) is 0 Å². The number of benzene rings is 1. The quantitative estimate of drug-likeness (QED) is 0.903. The minimum atomic E-state index is -0.775. The first-order valence-electron chi connectivity index (χ1n) is 6.90. The fraction of sp³-hybridized carbons (Fsp3) is 0.600. The highest BCUT2D eigenvalue weighted by molar-refractivity contribution is 5.21. The van der Waals surface area contributed by atoms with Gasteiger partial charge in [-0.2, -0.15) is 0 Å². The van der Waals surface area contributed by atoms with Crippen LogP contribution in [-0.2, 0) is 0 Å². The standard InChI is InChI=1S/C15H22F2N2/c1-19(2)15(9-11-5-7-18-8-6-11)12-3-4-13(16)14(17)10-12/h3-4,10-11,15,18H,5-9H2,1-2H3. The predicted molar refractivity (Wildman–Crippen MR) is 73.0 cm³/mol. The molecule has 2 nitrogen and oxygen atoms in total. The average Bonchev–Trinajstić information content (AvgIpc) is 2.40. The van der Waals surface area contributed by atoms with E-state index in [1.807, 2.05) is 14.1 Å². The molecule has 0 radical (unpaired) electrons. The smallest absolute Gasteiger partial charge is 0.159 e. The Bertz CT molecular complexity index is 415. The van der Waals surface area contributed by atoms with Crippen molar-refractivity contribution in [3.05, 3.63) is 35.4 Å². The molecule has 1 N–H and O–H groups in total. The lowest BCUT2D eigenvalue weighted by Gasteiger charge is -2.31. The summed E-state index contributed by atoms with van der Waals surface area (Å²) in [4.78, 5) is 2.09. The molecule has 0 amide bonds. The maximum Gasteiger partial charge on any atom is 0.159 e. The second kappa shape index (κ2) is 6.44. The first-order chi connectivity index (χ1) is 9.08. The largest absolute Gasteiger partial charge is 0.317 e. The molecule has 0 aliphatic carbocycles. The number of halogens is 2. The van der Waals surface area contributed by atoms with Crippen molar-refractivity contribution < 1.29 is 8.78 Å². The molecule has 1 atom stereocenters. The van der Waals surface area contributed by atoms with Gasteiger partial charge in [0.1, 0.15) is 0 Å². The molecule has 19 heavy (non-hydrogen) atoms. The molecule has 1 aliphatic rings. The Kier molecular flexibility index (Phi) is 4.88. The third-order valence-electron chi connectivity index (χ3n) is 3.97. The van der Waals surface area contributed by atoms with E-state index in [0.29, 0.717) is 5.92 Å². The molecule has 1 heterocycles. The number of hydrogen-bond acceptors (Lipinski definition) is 2. The molecule has 0 aromatic heterocycles. The highest BCUT2D eigenvalue weighted by Crippen LogP contribution is 2.30. The highest BCUT2D eigenvalue weighted by atomic mass is 19.2. The van der Waals surface area contributed by atoms with Crippen LogP contribution < -0.4 is 5.32 Å². The minimum Gasteiger partial charge on any atom is -0.317 e. The third kappa shape index (κ3) is 3.74. The lowest BCUT2D eigenvalue weighted by atomic mass is 9.88. The monoisotopic (exact) mass is 268 g/mol. The van der Waals surface area contributed by atoms with E-state index in [0.717, 1.165) is 37.9 Å². The Hall–Kier alpha value is -1.00. The molecule has 106 valence electrons. The first-order valence-corrected chi connectivity index (χ1v) is 6.90. The van der Waals surface area contributed by atoms with E-state index in [-0.39, 0.29) is 6.04 Å². The lowest BCUT2D eigenvalue weighted by Crippen LogP contribution is -2.31. The second-order valence-electron chi connectivity index (χ2n) is 5.58. The zero-order valence-electron chi connectivity index (χ0n) is 11.6. The van der Waals surface area contributed by atoms with E-state index in [1.165, 1.54) is 12.1 Å². The van der Waals surface area contributed by atoms with E-state index < -0.39 is 11.6 Å². The maximum absolute atomic E-state index is 13.4. The van der Waals surface area contributed by atoms with E-state index in [2.05, 4.69) is 10.2 Å². The molecule has 1 aliphatic heterocycles. The molecule has 4 heteroatoms. The molecular formula is C15H22F2N2. The summed E-state index contributed by atoms with van der Waals surface area (Å²) in [5, 5.41) is 3.35. The van der Waals surface area contributed by atoms with Crippen LogP contribution in [0.25, 0.3) is 0 Å². The van der Waals surface area contributed by atoms with Crippen LogP contribution >= 0.6 is 0 Å². The summed E-state index contributed by atoms with van der Waals surface area (Å²) in [7, 11) is 3.99. The molecule has 0 spiro atoms. The van der Waals surface area contributed by atoms with Crippen molar-refractivity contribution in [1.82, 2.24) is 10.2 Å². The van der Waals surface area contributed by atoms with Crippen LogP contribution in [0.4, 0.5) is 8.78 Å². The Labute approximate surface area is 113 Å². The zero-order valence-corrected chi connectivity index (χ0v) is 11.6. The van der Waals surface area contributed by atoms with Gasteiger partial charge < -0.3 is 10.2 Å². The Morgan fingerprint density at radius 3 is 2.47 bits per heavy atom. The van der Waals surface area contributed by atoms with Gasteiger partial charge in [0.2, 0.25) is 0 Å². The van der Waals surface area contributed by atoms with Crippen LogP contribution in [0, 0.1) is 17.6 Å². The maximum atomic E-state index is 13.4. The van der Waals surface area contributed by atoms with Crippen LogP contribution in [0.2, 0.25) is 0 Å². The van der Waals surface area contributed by atoms with Crippen molar-refractivity contribution in [3.63, 3.8) is 0 Å². The summed E-state index contributed by atoms with van der Waals surface area (Å²) in [5.41, 5.74) is 0.863. The first kappa shape index (κ1) is 14.4. The van der Waals surface area contributed by atoms with Crippen molar-refractivity contribution in [2.75, 3.05) is 27.2 Å². The Morgan fingerprint density at radius 2 is 1.89 bits per heavy atom. The molecule has 1 saturated heterocycles. The van der Waals surface area contributed by atoms with Crippen LogP contribution in [0.15, 0.2) is 18.2 Å². The number of nitrogens with one attached hydrogen (secondary N) is 1. The molecule has 1 aromatic carbocycles. The molecule has 1 aromatic rings. The minimum absolute atomic E-state index is 0.151. The summed E-state index contributed by atoms with van der Waals surface area (Å²) in [6.45, 7) is 2.12. The van der Waals surface area contributed by atoms with Gasteiger partial charge in [-0.15, -0.1) is 0 Å². The van der Waals surface area contributed by atoms with Gasteiger partial charge in [0, 0.05) is 6.04 Å². The van der Waals surface area contributed by atoms with Crippen LogP contribution in [0.5, 0.6) is 0 Å². The predicted octanol–water partition coefficient (Wildman–Crippen LogP) is 2.96. The molecule has 0 bridgehead atoms. The average molecular weight is 268 g/mol. The van der Waals surface area contributed by atoms with E-state index in [4.69, 9.17) is 0 Å². The van der Waals surface area contributed by atoms with Gasteiger partial charge in [-0.25, -0.2) is 8.78 Å². The summed E-state index contributed by atoms with van der Waals surface area (Å²) < 4.78 is 26.4. The lowest BCUT2D eigenvalue weighted by molar-refractivity contribution is 0.222. The van der Waals surface area contributed by atoms with Crippen molar-refractivity contribution in [1.29, 1.82) is 0 Å². The van der Waals surface area contributed by atoms with Crippen molar-refractivity contribution in [2.45, 2.75) is 25.3 Å². The summed E-state index contributed by atoms with van der Waals surface area (Å²) in [5.74, 6) is -0.875. The van der Waals surface area contributed by atoms with Gasteiger partial charge in [-0.1, -0.05) is 6.07 Å². The number of piperidine rings is 1. The second-order valence-corrected chi connectivity index (χ2v) is 5.58. The van der Waals surface area contributed by atoms with Gasteiger partial charge >= 0.3 is 0 Å². The van der Waals surface area contributed by atoms with Crippen LogP contribution in [0.1, 0.15) is 30.9 Å². The normalized spacial score (nSPS) is 18.8. The number of hydrogen-bond donors (Lipinski definition) is 1. The Morgan fingerprint density at radius 1 is 1.21 bits per heavy atom. The van der Waals surface area contributed by atoms with E-state index in [9.17, 15) is 8.78 Å². The van der Waals surface area contributed by atoms with Crippen LogP contribution in [-0.4, -0.2) is 32.1 Å². The molecule has 0 saturated carbocycles. The van der Waals surface area contributed by atoms with Crippen molar-refractivity contribution >= 4 is 0 Å². The molecule has 2 rings (SSSR count). The van der Waals surface area contributed by atoms with Crippen LogP contribution in [0.3, 0.4) is 0 Å². The van der Waals surface area contributed by atoms with Gasteiger partial charge in [0.05, 0.1) is 0 Å². The van der Waals surface area contributed by atoms with E-state index in [1.54, 1.807) is 6.07 Å². The number of rotatable bonds is 4. The number of nitrogens with zero attached hydrogens (tertiary/aromatic N) is 1. The fourth-order valence-electron chi connectivity index (χ4n) is 2.80. The molecular weight excluding hydrogens is 246 g/mol. The topological polar surface area (TPSA) is 15.3 Å². The molecule has 1 unspecified atom stereocenters. The summed E-state index contributed by atoms with van der Waals surface area (Å²) in [6, 6.07) is 4.41. The highest BCUT2D eigenvalue weighted by Gasteiger charge is 2.22. The van der Waals surface area contributed by atoms with Crippen molar-refractivity contribution in [2.24, 2.45) is 5.92 Å². The zero-order chi connectivity index (χ0) is 13.8. The van der Waals surface area contributed by atoms with Gasteiger partial charge in [0.25, 0.3) is 0 Å². The van der Waals surface area contributed by atoms with E-state index >= 15 is 0 Å². The summed E-state index contributed by atoms with van der Waals surface area (Å²) >= 11 is 0. The summed E-state index contributed by atoms with van der Waals surface area (Å²) in [6.07, 6.45) is 3.32. The third-order valence-corrected chi connectivity index (χ3v) is 3.97. The van der Waals surface area contributed by atoms with Gasteiger partial charge in [-0.05, 0) is 70.1 Å². The van der Waals surface area contributed by atoms with Gasteiger partial charge in [0.15, 0.2) is 11.6 Å². The SMILES string of the molecule is CN(C)C(CC1CCNCC1)c1ccc(F)c(F)c1. The Balaban J connectivity index is 2.12. The molecule has 1 fully saturated rings.